The molecule has 4 N–H and O–H groups in total. The molecule has 0 saturated heterocycles. The maximum Gasteiger partial charge on any atom is 0.293 e. The van der Waals surface area contributed by atoms with Gasteiger partial charge in [-0.3, -0.25) is 9.63 Å². The van der Waals surface area contributed by atoms with E-state index in [4.69, 9.17) is 10.6 Å². The van der Waals surface area contributed by atoms with E-state index in [1.165, 1.54) is 12.1 Å². The number of carbonyl (C=O) groups is 1. The lowest BCUT2D eigenvalue weighted by molar-refractivity contribution is 0.0229. The number of nitrogens with zero attached hydrogens (tertiary/aromatic N) is 2. The van der Waals surface area contributed by atoms with Gasteiger partial charge in [-0.2, -0.15) is 0 Å². The molecule has 1 aromatic heterocycles. The first-order valence-corrected chi connectivity index (χ1v) is 7.52. The van der Waals surface area contributed by atoms with Crippen molar-refractivity contribution in [3.8, 4) is 17.0 Å². The van der Waals surface area contributed by atoms with Crippen molar-refractivity contribution in [1.29, 1.82) is 0 Å². The lowest BCUT2D eigenvalue weighted by Crippen LogP contribution is -2.25. The van der Waals surface area contributed by atoms with Crippen LogP contribution in [-0.4, -0.2) is 21.0 Å². The van der Waals surface area contributed by atoms with Gasteiger partial charge in [0.25, 0.3) is 5.91 Å². The zero-order valence-corrected chi connectivity index (χ0v) is 13.2. The third-order valence-electron chi connectivity index (χ3n) is 3.40. The lowest BCUT2D eigenvalue weighted by Gasteiger charge is -2.08. The van der Waals surface area contributed by atoms with Crippen LogP contribution in [0.25, 0.3) is 11.3 Å². The van der Waals surface area contributed by atoms with Crippen molar-refractivity contribution >= 4 is 11.9 Å². The summed E-state index contributed by atoms with van der Waals surface area (Å²) in [5.74, 6) is -0.594. The summed E-state index contributed by atoms with van der Waals surface area (Å²) in [6, 6.07) is 17.5. The van der Waals surface area contributed by atoms with Gasteiger partial charge in [-0.1, -0.05) is 42.5 Å². The van der Waals surface area contributed by atoms with Gasteiger partial charge in [0.2, 0.25) is 5.95 Å². The zero-order valence-electron chi connectivity index (χ0n) is 13.2. The minimum Gasteiger partial charge on any atom is -0.507 e. The molecule has 3 aromatic rings. The number of nitrogen functional groups attached to an aromatic ring is 1. The number of hydrogen-bond acceptors (Lipinski definition) is 6. The second-order valence-corrected chi connectivity index (χ2v) is 5.22. The van der Waals surface area contributed by atoms with Crippen molar-refractivity contribution in [3.63, 3.8) is 0 Å². The normalized spacial score (nSPS) is 10.4. The van der Waals surface area contributed by atoms with Gasteiger partial charge in [0.15, 0.2) is 0 Å². The van der Waals surface area contributed by atoms with Gasteiger partial charge in [0.05, 0.1) is 12.3 Å². The molecule has 126 valence electrons. The molecule has 0 bridgehead atoms. The van der Waals surface area contributed by atoms with E-state index in [-0.39, 0.29) is 24.0 Å². The second-order valence-electron chi connectivity index (χ2n) is 5.22. The first-order valence-electron chi connectivity index (χ1n) is 7.52. The average Bonchev–Trinajstić information content (AvgIpc) is 2.62. The van der Waals surface area contributed by atoms with E-state index >= 15 is 0 Å². The minimum atomic E-state index is -0.554. The fourth-order valence-corrected chi connectivity index (χ4v) is 2.22. The molecule has 0 spiro atoms. The first kappa shape index (κ1) is 16.4. The van der Waals surface area contributed by atoms with Gasteiger partial charge in [0, 0.05) is 5.56 Å². The van der Waals surface area contributed by atoms with Crippen LogP contribution in [0.5, 0.6) is 5.75 Å². The summed E-state index contributed by atoms with van der Waals surface area (Å²) in [5, 5.41) is 9.93. The van der Waals surface area contributed by atoms with Crippen molar-refractivity contribution in [2.45, 2.75) is 6.61 Å². The zero-order chi connectivity index (χ0) is 17.6. The van der Waals surface area contributed by atoms with Crippen LogP contribution < -0.4 is 11.2 Å². The number of nitrogens with one attached hydrogen (secondary N) is 1. The number of hydroxylamine groups is 1. The molecule has 0 unspecified atom stereocenters. The molecule has 1 amide bonds. The van der Waals surface area contributed by atoms with Crippen molar-refractivity contribution < 1.29 is 14.7 Å². The summed E-state index contributed by atoms with van der Waals surface area (Å²) in [5.41, 5.74) is 9.76. The molecule has 0 fully saturated rings. The van der Waals surface area contributed by atoms with Crippen LogP contribution in [0, 0.1) is 0 Å². The average molecular weight is 336 g/mol. The van der Waals surface area contributed by atoms with E-state index in [1.807, 2.05) is 30.3 Å². The molecular weight excluding hydrogens is 320 g/mol. The molecule has 3 rings (SSSR count). The quantitative estimate of drug-likeness (QED) is 0.617. The fourth-order valence-electron chi connectivity index (χ4n) is 2.22. The Morgan fingerprint density at radius 2 is 1.80 bits per heavy atom. The minimum absolute atomic E-state index is 0.0345. The van der Waals surface area contributed by atoms with Crippen molar-refractivity contribution in [1.82, 2.24) is 15.4 Å². The predicted octanol–water partition coefficient (Wildman–Crippen LogP) is 2.29. The summed E-state index contributed by atoms with van der Waals surface area (Å²) >= 11 is 0. The Morgan fingerprint density at radius 1 is 1.08 bits per heavy atom. The summed E-state index contributed by atoms with van der Waals surface area (Å²) in [6.07, 6.45) is 0. The molecule has 0 atom stereocenters. The molecule has 1 heterocycles. The number of phenols is 1. The van der Waals surface area contributed by atoms with Gasteiger partial charge >= 0.3 is 0 Å². The van der Waals surface area contributed by atoms with E-state index < -0.39 is 5.91 Å². The molecular formula is C18H16N4O3. The Bertz CT molecular complexity index is 884. The van der Waals surface area contributed by atoms with E-state index in [0.29, 0.717) is 11.3 Å². The first-order chi connectivity index (χ1) is 12.1. The van der Waals surface area contributed by atoms with Gasteiger partial charge in [0.1, 0.15) is 11.4 Å². The molecule has 0 saturated carbocycles. The molecule has 7 heteroatoms. The Labute approximate surface area is 144 Å². The van der Waals surface area contributed by atoms with Crippen LogP contribution in [0.4, 0.5) is 5.95 Å². The highest BCUT2D eigenvalue weighted by molar-refractivity contribution is 5.93. The Balaban J connectivity index is 1.73. The molecule has 2 aromatic carbocycles. The largest absolute Gasteiger partial charge is 0.507 e. The van der Waals surface area contributed by atoms with Crippen LogP contribution in [0.15, 0.2) is 60.7 Å². The fraction of sp³-hybridized carbons (Fsp3) is 0.0556. The van der Waals surface area contributed by atoms with Gasteiger partial charge < -0.3 is 10.8 Å². The Hall–Kier alpha value is -3.45. The van der Waals surface area contributed by atoms with Gasteiger partial charge in [-0.05, 0) is 23.8 Å². The monoisotopic (exact) mass is 336 g/mol. The molecule has 0 aliphatic rings. The van der Waals surface area contributed by atoms with E-state index in [0.717, 1.165) is 5.56 Å². The maximum atomic E-state index is 12.2. The topological polar surface area (TPSA) is 110 Å². The summed E-state index contributed by atoms with van der Waals surface area (Å²) in [6.45, 7) is 0.222. The second kappa shape index (κ2) is 7.41. The standard InChI is InChI=1S/C18H16N4O3/c19-18-20-14(13-8-4-5-9-16(13)23)10-15(21-18)17(24)22-25-11-12-6-2-1-3-7-12/h1-10,23H,11H2,(H,22,24)(H2,19,20,21). The molecule has 0 aliphatic heterocycles. The van der Waals surface area contributed by atoms with Crippen molar-refractivity contribution in [2.75, 3.05) is 5.73 Å². The SMILES string of the molecule is Nc1nc(C(=O)NOCc2ccccc2)cc(-c2ccccc2O)n1. The highest BCUT2D eigenvalue weighted by Gasteiger charge is 2.14. The van der Waals surface area contributed by atoms with Gasteiger partial charge in [-0.25, -0.2) is 15.4 Å². The number of carbonyl (C=O) groups excluding carboxylic acids is 1. The van der Waals surface area contributed by atoms with Crippen LogP contribution in [0.2, 0.25) is 0 Å². The molecule has 0 aliphatic carbocycles. The highest BCUT2D eigenvalue weighted by atomic mass is 16.6. The molecule has 25 heavy (non-hydrogen) atoms. The number of aromatic hydroxyl groups is 1. The van der Waals surface area contributed by atoms with Crippen molar-refractivity contribution in [3.05, 3.63) is 71.9 Å². The maximum absolute atomic E-state index is 12.2. The van der Waals surface area contributed by atoms with Crippen molar-refractivity contribution in [2.24, 2.45) is 0 Å². The number of para-hydroxylation sites is 1. The number of phenolic OH excluding ortho intramolecular Hbond substituents is 1. The summed E-state index contributed by atoms with van der Waals surface area (Å²) in [4.78, 5) is 25.4. The number of hydrogen-bond donors (Lipinski definition) is 3. The number of rotatable bonds is 5. The van der Waals surface area contributed by atoms with E-state index in [9.17, 15) is 9.90 Å². The van der Waals surface area contributed by atoms with Crippen LogP contribution in [0.1, 0.15) is 16.1 Å². The lowest BCUT2D eigenvalue weighted by atomic mass is 10.1. The van der Waals surface area contributed by atoms with E-state index in [1.54, 1.807) is 18.2 Å². The smallest absolute Gasteiger partial charge is 0.293 e. The number of amides is 1. The number of anilines is 1. The number of nitrogens with two attached hydrogens (primary N) is 1. The van der Waals surface area contributed by atoms with Gasteiger partial charge in [-0.15, -0.1) is 0 Å². The van der Waals surface area contributed by atoms with Crippen LogP contribution in [-0.2, 0) is 11.4 Å². The highest BCUT2D eigenvalue weighted by Crippen LogP contribution is 2.27. The predicted molar refractivity (Wildman–Crippen MR) is 92.2 cm³/mol. The number of aromatic nitrogens is 2. The molecule has 0 radical (unpaired) electrons. The number of benzene rings is 2. The summed E-state index contributed by atoms with van der Waals surface area (Å²) < 4.78 is 0. The third-order valence-corrected chi connectivity index (χ3v) is 3.40. The Morgan fingerprint density at radius 3 is 2.56 bits per heavy atom. The summed E-state index contributed by atoms with van der Waals surface area (Å²) in [7, 11) is 0. The van der Waals surface area contributed by atoms with Crippen LogP contribution >= 0.6 is 0 Å². The van der Waals surface area contributed by atoms with Crippen LogP contribution in [0.3, 0.4) is 0 Å². The Kier molecular flexibility index (Phi) is 4.87. The van der Waals surface area contributed by atoms with E-state index in [2.05, 4.69) is 15.4 Å². The third kappa shape index (κ3) is 4.10. The molecule has 7 nitrogen and oxygen atoms in total.